The number of nitrogens with one attached hydrogen (secondary N) is 14. The van der Waals surface area contributed by atoms with Crippen molar-refractivity contribution in [1.29, 1.82) is 0 Å². The molecule has 9 aliphatic rings. The summed E-state index contributed by atoms with van der Waals surface area (Å²) in [6.45, 7) is 60.0. The van der Waals surface area contributed by atoms with Crippen molar-refractivity contribution in [1.82, 2.24) is 79.3 Å². The Morgan fingerprint density at radius 1 is 0.374 bits per heavy atom. The highest BCUT2D eigenvalue weighted by Crippen LogP contribution is 2.39. The lowest BCUT2D eigenvalue weighted by Crippen LogP contribution is -2.55. The predicted molar refractivity (Wildman–Crippen MR) is 546 cm³/mol. The van der Waals surface area contributed by atoms with Gasteiger partial charge in [0.15, 0.2) is 5.78 Å². The molecule has 0 radical (unpaired) electrons. The first-order valence-electron chi connectivity index (χ1n) is 50.7. The third kappa shape index (κ3) is 63.7. The summed E-state index contributed by atoms with van der Waals surface area (Å²) in [5, 5.41) is 40.9. The number of carbonyl (C=O) groups is 16. The zero-order valence-electron chi connectivity index (χ0n) is 89.7. The van der Waals surface area contributed by atoms with Crippen LogP contribution in [0.1, 0.15) is 368 Å². The van der Waals surface area contributed by atoms with Gasteiger partial charge in [0, 0.05) is 115 Å². The number of terminal acetylenes is 1. The summed E-state index contributed by atoms with van der Waals surface area (Å²) < 4.78 is 24.9. The number of amides is 7. The Morgan fingerprint density at radius 2 is 0.633 bits per heavy atom. The van der Waals surface area contributed by atoms with E-state index >= 15 is 0 Å². The summed E-state index contributed by atoms with van der Waals surface area (Å²) in [5.74, 6) is -0.663. The normalized spacial score (nSPS) is 18.0. The lowest BCUT2D eigenvalue weighted by Gasteiger charge is -2.33. The number of alkyl halides is 2. The van der Waals surface area contributed by atoms with Gasteiger partial charge in [0.25, 0.3) is 41.4 Å². The maximum absolute atomic E-state index is 12.4. The van der Waals surface area contributed by atoms with E-state index in [0.717, 1.165) is 83.7 Å². The summed E-state index contributed by atoms with van der Waals surface area (Å²) in [5.41, 5.74) is -1.62. The van der Waals surface area contributed by atoms with Crippen LogP contribution in [-0.4, -0.2) is 249 Å². The number of nitrogens with zero attached hydrogens (tertiary/aromatic N) is 1. The van der Waals surface area contributed by atoms with Crippen molar-refractivity contribution in [2.75, 3.05) is 33.2 Å². The molecule has 7 amide bonds. The van der Waals surface area contributed by atoms with Crippen LogP contribution < -0.4 is 74.4 Å². The summed E-state index contributed by atoms with van der Waals surface area (Å²) in [7, 11) is 1.49. The minimum absolute atomic E-state index is 0. The zero-order valence-corrected chi connectivity index (χ0v) is 89.7. The van der Waals surface area contributed by atoms with E-state index in [2.05, 4.69) is 86.9 Å². The maximum Gasteiger partial charge on any atom is 0.291 e. The van der Waals surface area contributed by atoms with Crippen LogP contribution in [-0.2, 0) is 76.7 Å². The van der Waals surface area contributed by atoms with Crippen molar-refractivity contribution >= 4 is 93.4 Å². The largest absolute Gasteiger partial charge is 0.353 e. The van der Waals surface area contributed by atoms with Crippen LogP contribution in [0, 0.1) is 47.9 Å². The molecule has 1 aliphatic heterocycles. The second kappa shape index (κ2) is 59.4. The van der Waals surface area contributed by atoms with Crippen molar-refractivity contribution in [3.63, 3.8) is 0 Å². The molecule has 8 saturated carbocycles. The number of likely N-dealkylation sites (N-methyl/N-ethyl adjacent to an activating group) is 2. The lowest BCUT2D eigenvalue weighted by molar-refractivity contribution is -0.148. The number of rotatable bonds is 46. The molecule has 3 unspecified atom stereocenters. The van der Waals surface area contributed by atoms with E-state index in [1.54, 1.807) is 25.7 Å². The van der Waals surface area contributed by atoms with Gasteiger partial charge < -0.3 is 79.3 Å². The van der Waals surface area contributed by atoms with Crippen molar-refractivity contribution in [3.8, 4) is 12.3 Å². The molecule has 0 bridgehead atoms. The van der Waals surface area contributed by atoms with E-state index in [1.165, 1.54) is 97.1 Å². The summed E-state index contributed by atoms with van der Waals surface area (Å²) in [6, 6.07) is -3.33. The third-order valence-corrected chi connectivity index (χ3v) is 22.2. The van der Waals surface area contributed by atoms with Gasteiger partial charge >= 0.3 is 0 Å². The van der Waals surface area contributed by atoms with Crippen LogP contribution in [0.15, 0.2) is 12.7 Å². The quantitative estimate of drug-likeness (QED) is 0.0153. The smallest absolute Gasteiger partial charge is 0.291 e. The number of likely N-dealkylation sites (tertiary alicyclic amines) is 1. The van der Waals surface area contributed by atoms with Crippen molar-refractivity contribution in [2.45, 2.75) is 485 Å². The standard InChI is InChI=1S/2C14H24N2O2.C14H26N2O2.C14H22N2O2.C13H24N2O2.C12H20F2N2O2.C12H22N2O2.C12H21NO2.CH4/c1-14(2,3)15-11(9-10-5-6-10)12(17)13(18)16-7-4-8-16;1-14(2,3)16-11(8-9-4-5-9)12(17)13(18)15-10-6-7-10;1-9(2)15-13(18)12(17)11(8-10-6-7-10)16-14(3,4)5;1-6-8-9-11(16-14(3,4)5)12(17)13(18)15-10-7-2;1-5-14-12(17)11(16)10(8-9-6-7-9)15-13(2,3)4;1-12(2,3)16-8(6-9(13)14)10(17)11(18)15-7-4-5-7;1-12(2,3)14-9(7-8-5-6-8)10(15)11(16)13-4;1-8(14)11(15)10(7-9-5-6-9)13-12(2,3)4;/h10-11,15H,4-9H2,1-3H3;9-11,16H,4-8H2,1-3H3,(H,15,18);9-11,16H,6-8H2,1-5H3,(H,15,18);1,7,11,16H,2,8-10H2,3-5H3,(H,15,18);9-10,15H,5-8H2,1-4H3,(H,14,17);7-9,16H,4-6H2,1-3H3,(H,15,18);8-9,14H,5-7H2,1-4H3,(H,13,16);9-10,13H,5-7H2,1-4H3;1H4/t11-;;11-;;10-;;9-;10-;/m0.0.0.00./s1. The second-order valence-corrected chi connectivity index (χ2v) is 47.7. The molecule has 139 heavy (non-hydrogen) atoms. The van der Waals surface area contributed by atoms with Gasteiger partial charge in [-0.2, -0.15) is 0 Å². The highest BCUT2D eigenvalue weighted by molar-refractivity contribution is 6.41. The zero-order chi connectivity index (χ0) is 106. The topological polar surface area (TPSA) is 445 Å². The highest BCUT2D eigenvalue weighted by Gasteiger charge is 2.43. The number of hydrogen-bond donors (Lipinski definition) is 14. The van der Waals surface area contributed by atoms with Crippen molar-refractivity contribution in [2.24, 2.45) is 35.5 Å². The maximum atomic E-state index is 12.4. The van der Waals surface area contributed by atoms with E-state index in [-0.39, 0.29) is 154 Å². The summed E-state index contributed by atoms with van der Waals surface area (Å²) in [6.07, 6.45) is 28.2. The van der Waals surface area contributed by atoms with Gasteiger partial charge in [0.2, 0.25) is 52.7 Å². The van der Waals surface area contributed by atoms with Crippen molar-refractivity contribution in [3.05, 3.63) is 12.7 Å². The number of hydrogen-bond acceptors (Lipinski definition) is 24. The van der Waals surface area contributed by atoms with Gasteiger partial charge in [-0.05, 0) is 299 Å². The van der Waals surface area contributed by atoms with E-state index in [1.807, 2.05) is 166 Å². The summed E-state index contributed by atoms with van der Waals surface area (Å²) in [4.78, 5) is 190. The molecule has 8 atom stereocenters. The molecule has 1 saturated heterocycles. The van der Waals surface area contributed by atoms with Gasteiger partial charge in [0.1, 0.15) is 0 Å². The van der Waals surface area contributed by atoms with Crippen LogP contribution in [0.25, 0.3) is 0 Å². The molecule has 796 valence electrons. The third-order valence-electron chi connectivity index (χ3n) is 22.2. The Hall–Kier alpha value is -7.84. The van der Waals surface area contributed by atoms with Gasteiger partial charge in [0.05, 0.1) is 48.3 Å². The van der Waals surface area contributed by atoms with Gasteiger partial charge in [-0.25, -0.2) is 8.78 Å². The Kier molecular flexibility index (Phi) is 55.2. The summed E-state index contributed by atoms with van der Waals surface area (Å²) >= 11 is 0. The molecule has 0 aromatic heterocycles. The first-order valence-corrected chi connectivity index (χ1v) is 50.7. The van der Waals surface area contributed by atoms with Crippen LogP contribution in [0.5, 0.6) is 0 Å². The lowest BCUT2D eigenvalue weighted by atomic mass is 9.99. The van der Waals surface area contributed by atoms with Gasteiger partial charge in [-0.15, -0.1) is 18.9 Å². The number of Topliss-reactive ketones (excluding diaryl/α,β-unsaturated/α-hetero) is 9. The number of ketones is 9. The molecule has 0 aromatic rings. The van der Waals surface area contributed by atoms with E-state index in [0.29, 0.717) is 54.9 Å². The first kappa shape index (κ1) is 129. The van der Waals surface area contributed by atoms with Crippen LogP contribution in [0.4, 0.5) is 8.78 Å². The fourth-order valence-corrected chi connectivity index (χ4v) is 14.5. The average Bonchev–Trinajstić information content (AvgIpc) is 1.42. The van der Waals surface area contributed by atoms with Crippen LogP contribution >= 0.6 is 0 Å². The second-order valence-electron chi connectivity index (χ2n) is 47.7. The fourth-order valence-electron chi connectivity index (χ4n) is 14.5. The monoisotopic (exact) mass is 1960 g/mol. The molecule has 0 aromatic carbocycles. The Labute approximate surface area is 833 Å². The molecule has 9 rings (SSSR count). The van der Waals surface area contributed by atoms with Gasteiger partial charge in [-0.1, -0.05) is 90.6 Å². The van der Waals surface area contributed by atoms with Gasteiger partial charge in [-0.3, -0.25) is 76.7 Å². The van der Waals surface area contributed by atoms with E-state index < -0.39 is 77.5 Å². The van der Waals surface area contributed by atoms with E-state index in [4.69, 9.17) is 6.42 Å². The van der Waals surface area contributed by atoms with Crippen LogP contribution in [0.3, 0.4) is 0 Å². The highest BCUT2D eigenvalue weighted by atomic mass is 19.3. The molecule has 0 spiro atoms. The molecule has 1 heterocycles. The molecule has 14 N–H and O–H groups in total. The Balaban J connectivity index is 0.000000794. The Morgan fingerprint density at radius 3 is 0.878 bits per heavy atom. The first-order chi connectivity index (χ1) is 63.4. The molecule has 8 aliphatic carbocycles. The molecular formula is C106H187F2N15O16. The van der Waals surface area contributed by atoms with Crippen LogP contribution in [0.2, 0.25) is 0 Å². The van der Waals surface area contributed by atoms with E-state index in [9.17, 15) is 85.5 Å². The molecular weight excluding hydrogens is 1780 g/mol. The van der Waals surface area contributed by atoms with Crippen molar-refractivity contribution < 1.29 is 85.5 Å². The Bertz CT molecular complexity index is 3880. The average molecular weight is 1970 g/mol. The number of halogens is 2. The minimum Gasteiger partial charge on any atom is -0.353 e. The fraction of sp³-hybridized carbons (Fsp3) is 0.811. The predicted octanol–water partition coefficient (Wildman–Crippen LogP) is 11.1. The minimum atomic E-state index is -2.62. The molecule has 33 heteroatoms. The SMILES string of the molecule is C.C#CCCC(NC(C)(C)C)C(=O)C(=O)NCC=C.CC(=O)C(=O)[C@H](CC1CC1)NC(C)(C)C.CC(C)(C)NC(CC(F)F)C(=O)C(=O)NC1CC1.CC(C)(C)NC(CC1CC1)C(=O)C(=O)NC1CC1.CC(C)(C)N[C@@H](CC1CC1)C(=O)C(=O)N1CCC1.CC(C)NC(=O)C(=O)[C@H](CC1CC1)NC(C)(C)C.CCNC(=O)C(=O)[C@H](CC1CC1)NC(C)(C)C.CNC(=O)C(=O)[C@H](CC1CC1)NC(C)(C)C. The molecule has 9 fully saturated rings. The number of carbonyl (C=O) groups excluding carboxylic acids is 16. The molecule has 31 nitrogen and oxygen atoms in total.